The van der Waals surface area contributed by atoms with Crippen molar-refractivity contribution >= 4 is 17.7 Å². The molecule has 1 saturated heterocycles. The number of hydrogen-bond donors (Lipinski definition) is 0. The molecule has 0 unspecified atom stereocenters. The summed E-state index contributed by atoms with van der Waals surface area (Å²) in [5.74, 6) is -0.177. The van der Waals surface area contributed by atoms with Crippen molar-refractivity contribution in [3.63, 3.8) is 0 Å². The van der Waals surface area contributed by atoms with Crippen molar-refractivity contribution in [3.05, 3.63) is 42.1 Å². The number of carbonyl (C=O) groups excluding carboxylic acids is 3. The lowest BCUT2D eigenvalue weighted by Gasteiger charge is -2.35. The normalized spacial score (nSPS) is 20.3. The van der Waals surface area contributed by atoms with Crippen LogP contribution >= 0.6 is 0 Å². The summed E-state index contributed by atoms with van der Waals surface area (Å²) in [7, 11) is 1.62. The van der Waals surface area contributed by atoms with Crippen LogP contribution in [0.2, 0.25) is 0 Å². The average molecular weight is 385 g/mol. The maximum absolute atomic E-state index is 13.2. The average Bonchev–Trinajstić information content (AvgIpc) is 3.20. The molecule has 0 radical (unpaired) electrons. The monoisotopic (exact) mass is 385 g/mol. The topological polar surface area (TPSA) is 88.4 Å². The summed E-state index contributed by atoms with van der Waals surface area (Å²) in [6.07, 6.45) is 5.18. The number of amides is 3. The Morgan fingerprint density at radius 3 is 2.43 bits per heavy atom. The number of Topliss-reactive ketones (excluding diaryl/α,β-unsaturated/α-hetero) is 1. The highest BCUT2D eigenvalue weighted by molar-refractivity contribution is 6.08. The summed E-state index contributed by atoms with van der Waals surface area (Å²) in [6.45, 7) is 1.76. The largest absolute Gasteiger partial charge is 0.327 e. The van der Waals surface area contributed by atoms with Crippen LogP contribution in [0.1, 0.15) is 44.2 Å². The zero-order valence-electron chi connectivity index (χ0n) is 15.6. The summed E-state index contributed by atoms with van der Waals surface area (Å²) < 4.78 is 14.4. The van der Waals surface area contributed by atoms with Gasteiger partial charge in [-0.3, -0.25) is 14.5 Å². The van der Waals surface area contributed by atoms with Gasteiger partial charge in [-0.15, -0.1) is 0 Å². The molecule has 0 N–H and O–H groups in total. The molecule has 2 fully saturated rings. The van der Waals surface area contributed by atoms with Gasteiger partial charge in [0, 0.05) is 26.1 Å². The van der Waals surface area contributed by atoms with Gasteiger partial charge in [0.15, 0.2) is 11.6 Å². The van der Waals surface area contributed by atoms with E-state index in [1.54, 1.807) is 32.3 Å². The Morgan fingerprint density at radius 2 is 1.86 bits per heavy atom. The molecule has 0 aromatic carbocycles. The van der Waals surface area contributed by atoms with Crippen LogP contribution in [0.5, 0.6) is 0 Å². The fourth-order valence-corrected chi connectivity index (χ4v) is 3.99. The Morgan fingerprint density at radius 1 is 1.14 bits per heavy atom. The maximum atomic E-state index is 13.2. The highest BCUT2D eigenvalue weighted by atomic mass is 19.1. The Labute approximate surface area is 160 Å². The number of hydrogen-bond acceptors (Lipinski definition) is 5. The maximum Gasteiger partial charge on any atom is 0.327 e. The molecule has 1 atom stereocenters. The second-order valence-electron chi connectivity index (χ2n) is 7.32. The van der Waals surface area contributed by atoms with Crippen LogP contribution in [0, 0.1) is 5.82 Å². The molecule has 3 amide bonds. The molecule has 28 heavy (non-hydrogen) atoms. The quantitative estimate of drug-likeness (QED) is 0.756. The van der Waals surface area contributed by atoms with E-state index in [0.717, 1.165) is 6.20 Å². The predicted molar refractivity (Wildman–Crippen MR) is 95.9 cm³/mol. The van der Waals surface area contributed by atoms with Gasteiger partial charge in [0.25, 0.3) is 5.91 Å². The first-order chi connectivity index (χ1) is 13.3. The van der Waals surface area contributed by atoms with E-state index < -0.39 is 17.4 Å². The van der Waals surface area contributed by atoms with Gasteiger partial charge in [0.05, 0.1) is 18.4 Å². The van der Waals surface area contributed by atoms with Crippen LogP contribution in [-0.4, -0.2) is 54.9 Å². The lowest BCUT2D eigenvalue weighted by molar-refractivity contribution is -0.137. The van der Waals surface area contributed by atoms with Crippen LogP contribution in [-0.2, 0) is 9.59 Å². The van der Waals surface area contributed by atoms with E-state index in [0.29, 0.717) is 37.1 Å². The molecule has 1 saturated carbocycles. The number of urea groups is 1. The van der Waals surface area contributed by atoms with E-state index in [-0.39, 0.29) is 17.7 Å². The van der Waals surface area contributed by atoms with E-state index >= 15 is 0 Å². The second kappa shape index (κ2) is 6.50. The molecule has 9 heteroatoms. The van der Waals surface area contributed by atoms with Crippen LogP contribution in [0.25, 0.3) is 5.82 Å². The molecule has 2 aromatic heterocycles. The summed E-state index contributed by atoms with van der Waals surface area (Å²) in [6, 6.07) is 2.50. The van der Waals surface area contributed by atoms with Crippen LogP contribution in [0.3, 0.4) is 0 Å². The number of likely N-dealkylation sites (N-methyl/N-ethyl adjacent to an activating group) is 1. The van der Waals surface area contributed by atoms with Gasteiger partial charge in [-0.25, -0.2) is 18.9 Å². The number of pyridine rings is 1. The number of nitrogens with zero attached hydrogens (tertiary/aromatic N) is 5. The Kier molecular flexibility index (Phi) is 4.24. The molecule has 2 aromatic rings. The van der Waals surface area contributed by atoms with E-state index in [9.17, 15) is 18.8 Å². The molecule has 1 aliphatic heterocycles. The Balaban J connectivity index is 1.59. The number of rotatable bonds is 3. The zero-order valence-corrected chi connectivity index (χ0v) is 15.6. The first-order valence-electron chi connectivity index (χ1n) is 9.13. The van der Waals surface area contributed by atoms with Crippen molar-refractivity contribution in [3.8, 4) is 5.82 Å². The molecule has 1 spiro atoms. The van der Waals surface area contributed by atoms with E-state index in [1.807, 2.05) is 0 Å². The van der Waals surface area contributed by atoms with Crippen molar-refractivity contribution in [1.82, 2.24) is 24.6 Å². The molecule has 8 nitrogen and oxygen atoms in total. The fraction of sp³-hybridized carbons (Fsp3) is 0.421. The Hall–Kier alpha value is -3.10. The molecule has 1 aliphatic carbocycles. The SMILES string of the molecule is C[C@@H](c1ccc(-n2cc(F)cn2)nc1)N1C(=O)N(C)C2(CCC(=O)CC2)C1=O. The van der Waals surface area contributed by atoms with Crippen molar-refractivity contribution in [2.45, 2.75) is 44.2 Å². The summed E-state index contributed by atoms with van der Waals surface area (Å²) in [5.41, 5.74) is -0.255. The Bertz CT molecular complexity index is 945. The third kappa shape index (κ3) is 2.69. The van der Waals surface area contributed by atoms with E-state index in [1.165, 1.54) is 20.7 Å². The summed E-state index contributed by atoms with van der Waals surface area (Å²) in [5, 5.41) is 3.86. The number of halogens is 1. The van der Waals surface area contributed by atoms with Crippen LogP contribution < -0.4 is 0 Å². The predicted octanol–water partition coefficient (Wildman–Crippen LogP) is 2.24. The lowest BCUT2D eigenvalue weighted by atomic mass is 9.80. The minimum Gasteiger partial charge on any atom is -0.313 e. The van der Waals surface area contributed by atoms with E-state index in [2.05, 4.69) is 10.1 Å². The third-order valence-electron chi connectivity index (χ3n) is 5.81. The first kappa shape index (κ1) is 18.3. The minimum atomic E-state index is -0.931. The standard InChI is InChI=1S/C19H20FN5O3/c1-12(13-3-4-16(21-9-13)24-11-14(20)10-22-24)25-17(27)19(23(2)18(25)28)7-5-15(26)6-8-19/h3-4,9-12H,5-8H2,1-2H3/t12-/m0/s1. The highest BCUT2D eigenvalue weighted by Crippen LogP contribution is 2.41. The molecule has 3 heterocycles. The zero-order chi connectivity index (χ0) is 20.1. The second-order valence-corrected chi connectivity index (χ2v) is 7.32. The number of ketones is 1. The summed E-state index contributed by atoms with van der Waals surface area (Å²) >= 11 is 0. The van der Waals surface area contributed by atoms with Crippen molar-refractivity contribution in [2.75, 3.05) is 7.05 Å². The fourth-order valence-electron chi connectivity index (χ4n) is 3.99. The van der Waals surface area contributed by atoms with Gasteiger partial charge < -0.3 is 4.90 Å². The van der Waals surface area contributed by atoms with Gasteiger partial charge in [-0.1, -0.05) is 6.07 Å². The molecule has 146 valence electrons. The molecule has 2 aliphatic rings. The smallest absolute Gasteiger partial charge is 0.313 e. The van der Waals surface area contributed by atoms with Gasteiger partial charge in [-0.05, 0) is 31.4 Å². The van der Waals surface area contributed by atoms with Gasteiger partial charge >= 0.3 is 6.03 Å². The van der Waals surface area contributed by atoms with Gasteiger partial charge in [0.1, 0.15) is 11.3 Å². The van der Waals surface area contributed by atoms with Crippen molar-refractivity contribution < 1.29 is 18.8 Å². The van der Waals surface area contributed by atoms with Crippen LogP contribution in [0.4, 0.5) is 9.18 Å². The lowest BCUT2D eigenvalue weighted by Crippen LogP contribution is -2.50. The minimum absolute atomic E-state index is 0.126. The van der Waals surface area contributed by atoms with Crippen molar-refractivity contribution in [2.24, 2.45) is 0 Å². The molecular formula is C19H20FN5O3. The summed E-state index contributed by atoms with van der Waals surface area (Å²) in [4.78, 5) is 44.6. The van der Waals surface area contributed by atoms with Gasteiger partial charge in [-0.2, -0.15) is 5.10 Å². The number of imide groups is 1. The molecule has 0 bridgehead atoms. The first-order valence-corrected chi connectivity index (χ1v) is 9.13. The van der Waals surface area contributed by atoms with Crippen molar-refractivity contribution in [1.29, 1.82) is 0 Å². The molecular weight excluding hydrogens is 365 g/mol. The van der Waals surface area contributed by atoms with Gasteiger partial charge in [0.2, 0.25) is 0 Å². The third-order valence-corrected chi connectivity index (χ3v) is 5.81. The highest BCUT2D eigenvalue weighted by Gasteiger charge is 2.57. The molecule has 4 rings (SSSR count). The number of aromatic nitrogens is 3. The van der Waals surface area contributed by atoms with E-state index in [4.69, 9.17) is 0 Å². The number of carbonyl (C=O) groups is 3. The van der Waals surface area contributed by atoms with Crippen LogP contribution in [0.15, 0.2) is 30.7 Å².